The van der Waals surface area contributed by atoms with Gasteiger partial charge in [0.05, 0.1) is 12.5 Å². The molecule has 0 rings (SSSR count). The van der Waals surface area contributed by atoms with E-state index < -0.39 is 11.5 Å². The molecule has 0 aliphatic heterocycles. The van der Waals surface area contributed by atoms with Crippen molar-refractivity contribution in [3.63, 3.8) is 0 Å². The molecule has 0 spiro atoms. The fourth-order valence-electron chi connectivity index (χ4n) is 1.19. The summed E-state index contributed by atoms with van der Waals surface area (Å²) in [7, 11) is 1.60. The Morgan fingerprint density at radius 3 is 2.53 bits per heavy atom. The van der Waals surface area contributed by atoms with E-state index in [1.165, 1.54) is 4.90 Å². The molecule has 0 heterocycles. The molecule has 0 atom stereocenters. The fraction of sp³-hybridized carbons (Fsp3) is 0.727. The molecule has 0 aromatic heterocycles. The van der Waals surface area contributed by atoms with Crippen molar-refractivity contribution >= 4 is 12.0 Å². The summed E-state index contributed by atoms with van der Waals surface area (Å²) in [6.45, 7) is 3.90. The van der Waals surface area contributed by atoms with Crippen LogP contribution in [0, 0.1) is 11.3 Å². The zero-order valence-electron chi connectivity index (χ0n) is 10.5. The summed E-state index contributed by atoms with van der Waals surface area (Å²) in [4.78, 5) is 23.5. The molecular weight excluding hydrogens is 222 g/mol. The van der Waals surface area contributed by atoms with Gasteiger partial charge < -0.3 is 15.3 Å². The van der Waals surface area contributed by atoms with Gasteiger partial charge in [0, 0.05) is 25.6 Å². The highest BCUT2D eigenvalue weighted by Gasteiger charge is 2.22. The van der Waals surface area contributed by atoms with Crippen molar-refractivity contribution in [2.75, 3.05) is 13.6 Å². The molecule has 0 aliphatic carbocycles. The summed E-state index contributed by atoms with van der Waals surface area (Å²) in [5.74, 6) is -0.884. The predicted octanol–water partition coefficient (Wildman–Crippen LogP) is 1.18. The number of hydrogen-bond donors (Lipinski definition) is 2. The third-order valence-electron chi connectivity index (χ3n) is 2.31. The first-order valence-corrected chi connectivity index (χ1v) is 5.40. The zero-order valence-corrected chi connectivity index (χ0v) is 10.5. The van der Waals surface area contributed by atoms with Gasteiger partial charge in [-0.25, -0.2) is 4.79 Å². The van der Waals surface area contributed by atoms with E-state index in [2.05, 4.69) is 5.32 Å². The Balaban J connectivity index is 4.16. The number of carbonyl (C=O) groups excluding carboxylic acids is 1. The summed E-state index contributed by atoms with van der Waals surface area (Å²) in [6.07, 6.45) is 0.648. The van der Waals surface area contributed by atoms with Gasteiger partial charge in [-0.2, -0.15) is 5.26 Å². The van der Waals surface area contributed by atoms with Crippen molar-refractivity contribution in [3.05, 3.63) is 0 Å². The number of nitriles is 1. The minimum absolute atomic E-state index is 0.00912. The quantitative estimate of drug-likeness (QED) is 0.730. The molecule has 0 radical (unpaired) electrons. The van der Waals surface area contributed by atoms with Crippen LogP contribution >= 0.6 is 0 Å². The summed E-state index contributed by atoms with van der Waals surface area (Å²) >= 11 is 0. The number of aliphatic carboxylic acids is 1. The number of carboxylic acids is 1. The monoisotopic (exact) mass is 241 g/mol. The fourth-order valence-corrected chi connectivity index (χ4v) is 1.19. The first-order chi connectivity index (χ1) is 7.78. The highest BCUT2D eigenvalue weighted by molar-refractivity contribution is 5.75. The smallest absolute Gasteiger partial charge is 0.317 e. The number of amides is 2. The SMILES string of the molecule is CN(CCC#N)C(=O)NC(C)(C)CCC(=O)O. The lowest BCUT2D eigenvalue weighted by Crippen LogP contribution is -2.49. The van der Waals surface area contributed by atoms with Gasteiger partial charge >= 0.3 is 12.0 Å². The maximum atomic E-state index is 11.7. The van der Waals surface area contributed by atoms with E-state index >= 15 is 0 Å². The lowest BCUT2D eigenvalue weighted by molar-refractivity contribution is -0.137. The Kier molecular flexibility index (Phi) is 6.03. The molecule has 6 heteroatoms. The molecule has 2 N–H and O–H groups in total. The summed E-state index contributed by atoms with van der Waals surface area (Å²) < 4.78 is 0. The van der Waals surface area contributed by atoms with E-state index in [1.807, 2.05) is 6.07 Å². The van der Waals surface area contributed by atoms with Crippen molar-refractivity contribution in [2.24, 2.45) is 0 Å². The van der Waals surface area contributed by atoms with Crippen molar-refractivity contribution in [1.29, 1.82) is 5.26 Å². The van der Waals surface area contributed by atoms with E-state index in [4.69, 9.17) is 10.4 Å². The molecule has 0 aromatic carbocycles. The summed E-state index contributed by atoms with van der Waals surface area (Å²) in [6, 6.07) is 1.66. The van der Waals surface area contributed by atoms with Gasteiger partial charge in [-0.05, 0) is 20.3 Å². The Labute approximate surface area is 101 Å². The van der Waals surface area contributed by atoms with E-state index in [9.17, 15) is 9.59 Å². The van der Waals surface area contributed by atoms with Crippen LogP contribution in [0.2, 0.25) is 0 Å². The molecule has 17 heavy (non-hydrogen) atoms. The standard InChI is InChI=1S/C11H19N3O3/c1-11(2,6-5-9(15)16)13-10(17)14(3)8-4-7-12/h4-6,8H2,1-3H3,(H,13,17)(H,15,16). The number of nitrogens with one attached hydrogen (secondary N) is 1. The molecule has 0 aliphatic rings. The van der Waals surface area contributed by atoms with Crippen LogP contribution in [-0.4, -0.2) is 41.1 Å². The zero-order chi connectivity index (χ0) is 13.5. The lowest BCUT2D eigenvalue weighted by atomic mass is 9.99. The van der Waals surface area contributed by atoms with Gasteiger partial charge in [0.2, 0.25) is 0 Å². The maximum Gasteiger partial charge on any atom is 0.317 e. The van der Waals surface area contributed by atoms with Crippen LogP contribution in [0.25, 0.3) is 0 Å². The Morgan fingerprint density at radius 1 is 1.47 bits per heavy atom. The van der Waals surface area contributed by atoms with Crippen LogP contribution in [0.15, 0.2) is 0 Å². The maximum absolute atomic E-state index is 11.7. The van der Waals surface area contributed by atoms with Gasteiger partial charge in [0.15, 0.2) is 0 Å². The van der Waals surface area contributed by atoms with E-state index in [0.717, 1.165) is 0 Å². The minimum atomic E-state index is -0.884. The lowest BCUT2D eigenvalue weighted by Gasteiger charge is -2.28. The molecule has 0 bridgehead atoms. The van der Waals surface area contributed by atoms with Crippen LogP contribution < -0.4 is 5.32 Å². The molecule has 6 nitrogen and oxygen atoms in total. The summed E-state index contributed by atoms with van der Waals surface area (Å²) in [5.41, 5.74) is -0.573. The highest BCUT2D eigenvalue weighted by Crippen LogP contribution is 2.11. The Morgan fingerprint density at radius 2 is 2.06 bits per heavy atom. The third kappa shape index (κ3) is 7.17. The largest absolute Gasteiger partial charge is 0.481 e. The van der Waals surface area contributed by atoms with Crippen LogP contribution in [0.4, 0.5) is 4.79 Å². The number of carboxylic acid groups (broad SMARTS) is 1. The molecule has 0 aromatic rings. The molecule has 0 unspecified atom stereocenters. The second-order valence-corrected chi connectivity index (χ2v) is 4.54. The first-order valence-electron chi connectivity index (χ1n) is 5.40. The normalized spacial score (nSPS) is 10.5. The second-order valence-electron chi connectivity index (χ2n) is 4.54. The summed E-state index contributed by atoms with van der Waals surface area (Å²) in [5, 5.41) is 19.7. The van der Waals surface area contributed by atoms with E-state index in [1.54, 1.807) is 20.9 Å². The molecule has 0 saturated heterocycles. The van der Waals surface area contributed by atoms with Gasteiger partial charge in [-0.15, -0.1) is 0 Å². The van der Waals surface area contributed by atoms with Gasteiger partial charge in [0.25, 0.3) is 0 Å². The average Bonchev–Trinajstić information content (AvgIpc) is 2.22. The Hall–Kier alpha value is -1.77. The number of rotatable bonds is 6. The molecule has 0 fully saturated rings. The number of nitrogens with zero attached hydrogens (tertiary/aromatic N) is 2. The average molecular weight is 241 g/mol. The van der Waals surface area contributed by atoms with E-state index in [-0.39, 0.29) is 18.9 Å². The third-order valence-corrected chi connectivity index (χ3v) is 2.31. The van der Waals surface area contributed by atoms with E-state index in [0.29, 0.717) is 13.0 Å². The second kappa shape index (κ2) is 6.74. The van der Waals surface area contributed by atoms with Crippen LogP contribution in [-0.2, 0) is 4.79 Å². The topological polar surface area (TPSA) is 93.4 Å². The van der Waals surface area contributed by atoms with Crippen molar-refractivity contribution < 1.29 is 14.7 Å². The molecule has 0 saturated carbocycles. The van der Waals surface area contributed by atoms with Crippen molar-refractivity contribution in [1.82, 2.24) is 10.2 Å². The minimum Gasteiger partial charge on any atom is -0.481 e. The van der Waals surface area contributed by atoms with Gasteiger partial charge in [0.1, 0.15) is 0 Å². The number of hydrogen-bond acceptors (Lipinski definition) is 3. The predicted molar refractivity (Wildman–Crippen MR) is 62.3 cm³/mol. The highest BCUT2D eigenvalue weighted by atomic mass is 16.4. The van der Waals surface area contributed by atoms with Crippen molar-refractivity contribution in [2.45, 2.75) is 38.6 Å². The number of carbonyl (C=O) groups is 2. The van der Waals surface area contributed by atoms with Crippen molar-refractivity contribution in [3.8, 4) is 6.07 Å². The first kappa shape index (κ1) is 15.2. The molecular formula is C11H19N3O3. The van der Waals surface area contributed by atoms with Crippen LogP contribution in [0.3, 0.4) is 0 Å². The van der Waals surface area contributed by atoms with Gasteiger partial charge in [-0.1, -0.05) is 0 Å². The number of urea groups is 1. The van der Waals surface area contributed by atoms with Crippen LogP contribution in [0.1, 0.15) is 33.1 Å². The van der Waals surface area contributed by atoms with Crippen LogP contribution in [0.5, 0.6) is 0 Å². The molecule has 2 amide bonds. The molecule has 96 valence electrons. The van der Waals surface area contributed by atoms with Gasteiger partial charge in [-0.3, -0.25) is 4.79 Å². The Bertz CT molecular complexity index is 320.